The molecule has 5 atom stereocenters. The maximum atomic E-state index is 13.3. The van der Waals surface area contributed by atoms with Crippen LogP contribution in [0.5, 0.6) is 0 Å². The Kier molecular flexibility index (Phi) is 5.84. The number of carbonyl (C=O) groups excluding carboxylic acids is 1. The maximum Gasteiger partial charge on any atom is 0.262 e. The van der Waals surface area contributed by atoms with Gasteiger partial charge < -0.3 is 5.32 Å². The molecule has 1 amide bonds. The number of para-hydroxylation sites is 1. The molecule has 1 N–H and O–H groups in total. The van der Waals surface area contributed by atoms with Gasteiger partial charge in [0.15, 0.2) is 5.16 Å². The Morgan fingerprint density at radius 3 is 2.61 bits per heavy atom. The van der Waals surface area contributed by atoms with Crippen LogP contribution in [0.2, 0.25) is 0 Å². The molecule has 5 rings (SSSR count). The van der Waals surface area contributed by atoms with Gasteiger partial charge in [-0.25, -0.2) is 4.98 Å². The monoisotopic (exact) mass is 439 g/mol. The lowest BCUT2D eigenvalue weighted by molar-refractivity contribution is -0.121. The number of thioether (sulfide) groups is 1. The SMILES string of the molecule is CC(Sc1nc2ccccc2c(=O)n1C1CCCC1)C(=O)NC(C)C1CC2CCC1C2. The molecule has 3 aliphatic rings. The quantitative estimate of drug-likeness (QED) is 0.512. The first-order valence-corrected chi connectivity index (χ1v) is 12.9. The molecule has 6 heteroatoms. The predicted molar refractivity (Wildman–Crippen MR) is 125 cm³/mol. The second-order valence-corrected chi connectivity index (χ2v) is 11.2. The molecule has 2 aromatic rings. The number of carbonyl (C=O) groups is 1. The number of aromatic nitrogens is 2. The summed E-state index contributed by atoms with van der Waals surface area (Å²) in [6.07, 6.45) is 9.63. The normalized spacial score (nSPS) is 27.6. The first-order chi connectivity index (χ1) is 15.0. The molecule has 0 radical (unpaired) electrons. The van der Waals surface area contributed by atoms with Gasteiger partial charge in [-0.1, -0.05) is 43.2 Å². The zero-order valence-electron chi connectivity index (χ0n) is 18.5. The number of benzene rings is 1. The average Bonchev–Trinajstić information content (AvgIpc) is 3.52. The van der Waals surface area contributed by atoms with Crippen LogP contribution in [0.3, 0.4) is 0 Å². The van der Waals surface area contributed by atoms with E-state index in [-0.39, 0.29) is 28.8 Å². The molecule has 0 aliphatic heterocycles. The molecule has 3 saturated carbocycles. The number of hydrogen-bond acceptors (Lipinski definition) is 4. The molecule has 0 spiro atoms. The maximum absolute atomic E-state index is 13.3. The molecule has 2 bridgehead atoms. The first-order valence-electron chi connectivity index (χ1n) is 12.0. The molecule has 166 valence electrons. The summed E-state index contributed by atoms with van der Waals surface area (Å²) in [5.74, 6) is 2.35. The fourth-order valence-corrected chi connectivity index (χ4v) is 7.25. The molecule has 3 aliphatic carbocycles. The Hall–Kier alpha value is -1.82. The van der Waals surface area contributed by atoms with Crippen molar-refractivity contribution in [1.29, 1.82) is 0 Å². The Labute approximate surface area is 188 Å². The largest absolute Gasteiger partial charge is 0.352 e. The fourth-order valence-electron chi connectivity index (χ4n) is 6.26. The third-order valence-corrected chi connectivity index (χ3v) is 8.99. The highest BCUT2D eigenvalue weighted by Crippen LogP contribution is 2.49. The van der Waals surface area contributed by atoms with E-state index in [4.69, 9.17) is 4.98 Å². The summed E-state index contributed by atoms with van der Waals surface area (Å²) in [5.41, 5.74) is 0.746. The lowest BCUT2D eigenvalue weighted by atomic mass is 9.84. The van der Waals surface area contributed by atoms with Gasteiger partial charge in [0.1, 0.15) is 0 Å². The third kappa shape index (κ3) is 4.04. The van der Waals surface area contributed by atoms with Crippen molar-refractivity contribution in [2.75, 3.05) is 0 Å². The van der Waals surface area contributed by atoms with E-state index >= 15 is 0 Å². The van der Waals surface area contributed by atoms with E-state index in [1.165, 1.54) is 37.4 Å². The first kappa shape index (κ1) is 21.0. The molecule has 1 aromatic carbocycles. The standard InChI is InChI=1S/C25H33N3O2S/c1-15(21-14-17-11-12-18(21)13-17)26-23(29)16(2)31-25-27-22-10-6-5-9-20(22)24(30)28(25)19-7-3-4-8-19/h5-6,9-10,15-19,21H,3-4,7-8,11-14H2,1-2H3,(H,26,29). The zero-order chi connectivity index (χ0) is 21.5. The molecular weight excluding hydrogens is 406 g/mol. The van der Waals surface area contributed by atoms with Crippen LogP contribution in [0.15, 0.2) is 34.2 Å². The van der Waals surface area contributed by atoms with E-state index in [9.17, 15) is 9.59 Å². The van der Waals surface area contributed by atoms with Gasteiger partial charge in [-0.2, -0.15) is 0 Å². The summed E-state index contributed by atoms with van der Waals surface area (Å²) >= 11 is 1.43. The highest BCUT2D eigenvalue weighted by molar-refractivity contribution is 8.00. The number of nitrogens with zero attached hydrogens (tertiary/aromatic N) is 2. The lowest BCUT2D eigenvalue weighted by Gasteiger charge is -2.29. The van der Waals surface area contributed by atoms with Crippen molar-refractivity contribution in [3.8, 4) is 0 Å². The summed E-state index contributed by atoms with van der Waals surface area (Å²) in [6, 6.07) is 7.96. The highest BCUT2D eigenvalue weighted by Gasteiger charge is 2.42. The molecule has 5 unspecified atom stereocenters. The van der Waals surface area contributed by atoms with Gasteiger partial charge in [0.05, 0.1) is 16.2 Å². The van der Waals surface area contributed by atoms with Crippen molar-refractivity contribution in [2.24, 2.45) is 17.8 Å². The smallest absolute Gasteiger partial charge is 0.262 e. The van der Waals surface area contributed by atoms with Gasteiger partial charge in [0.25, 0.3) is 5.56 Å². The molecule has 5 nitrogen and oxygen atoms in total. The van der Waals surface area contributed by atoms with E-state index in [1.807, 2.05) is 35.8 Å². The Bertz CT molecular complexity index is 1030. The van der Waals surface area contributed by atoms with Crippen molar-refractivity contribution < 1.29 is 4.79 Å². The van der Waals surface area contributed by atoms with Crippen LogP contribution < -0.4 is 10.9 Å². The number of rotatable bonds is 6. The van der Waals surface area contributed by atoms with Crippen LogP contribution in [0.25, 0.3) is 10.9 Å². The van der Waals surface area contributed by atoms with Crippen LogP contribution in [0.4, 0.5) is 0 Å². The van der Waals surface area contributed by atoms with Crippen molar-refractivity contribution in [3.63, 3.8) is 0 Å². The summed E-state index contributed by atoms with van der Waals surface area (Å²) in [4.78, 5) is 31.2. The summed E-state index contributed by atoms with van der Waals surface area (Å²) < 4.78 is 1.88. The number of nitrogens with one attached hydrogen (secondary N) is 1. The van der Waals surface area contributed by atoms with Crippen LogP contribution in [-0.2, 0) is 4.79 Å². The molecule has 3 fully saturated rings. The van der Waals surface area contributed by atoms with Crippen LogP contribution in [0, 0.1) is 17.8 Å². The topological polar surface area (TPSA) is 64.0 Å². The summed E-state index contributed by atoms with van der Waals surface area (Å²) in [7, 11) is 0. The number of fused-ring (bicyclic) bond motifs is 3. The van der Waals surface area contributed by atoms with Crippen molar-refractivity contribution in [1.82, 2.24) is 14.9 Å². The number of hydrogen-bond donors (Lipinski definition) is 1. The van der Waals surface area contributed by atoms with Gasteiger partial charge in [0.2, 0.25) is 5.91 Å². The van der Waals surface area contributed by atoms with E-state index in [0.29, 0.717) is 22.0 Å². The van der Waals surface area contributed by atoms with Crippen LogP contribution >= 0.6 is 11.8 Å². The van der Waals surface area contributed by atoms with Gasteiger partial charge in [0, 0.05) is 12.1 Å². The van der Waals surface area contributed by atoms with E-state index < -0.39 is 0 Å². The second kappa shape index (κ2) is 8.61. The van der Waals surface area contributed by atoms with E-state index in [2.05, 4.69) is 12.2 Å². The Morgan fingerprint density at radius 1 is 1.13 bits per heavy atom. The van der Waals surface area contributed by atoms with Crippen LogP contribution in [-0.4, -0.2) is 26.8 Å². The zero-order valence-corrected chi connectivity index (χ0v) is 19.4. The lowest BCUT2D eigenvalue weighted by Crippen LogP contribution is -2.43. The minimum atomic E-state index is -0.290. The Morgan fingerprint density at radius 2 is 1.90 bits per heavy atom. The predicted octanol–water partition coefficient (Wildman–Crippen LogP) is 4.93. The van der Waals surface area contributed by atoms with E-state index in [0.717, 1.165) is 37.5 Å². The Balaban J connectivity index is 1.35. The van der Waals surface area contributed by atoms with Crippen molar-refractivity contribution in [3.05, 3.63) is 34.6 Å². The average molecular weight is 440 g/mol. The van der Waals surface area contributed by atoms with E-state index in [1.54, 1.807) is 0 Å². The second-order valence-electron chi connectivity index (χ2n) is 9.92. The van der Waals surface area contributed by atoms with Gasteiger partial charge in [-0.15, -0.1) is 0 Å². The third-order valence-electron chi connectivity index (χ3n) is 7.92. The highest BCUT2D eigenvalue weighted by atomic mass is 32.2. The minimum Gasteiger partial charge on any atom is -0.352 e. The number of amides is 1. The summed E-state index contributed by atoms with van der Waals surface area (Å²) in [5, 5.41) is 4.36. The van der Waals surface area contributed by atoms with Crippen molar-refractivity contribution >= 4 is 28.6 Å². The van der Waals surface area contributed by atoms with Gasteiger partial charge in [-0.3, -0.25) is 14.2 Å². The van der Waals surface area contributed by atoms with Gasteiger partial charge in [-0.05, 0) is 75.8 Å². The van der Waals surface area contributed by atoms with Crippen molar-refractivity contribution in [2.45, 2.75) is 87.7 Å². The molecule has 31 heavy (non-hydrogen) atoms. The molecule has 1 heterocycles. The molecule has 1 aromatic heterocycles. The molecule has 0 saturated heterocycles. The van der Waals surface area contributed by atoms with Crippen LogP contribution in [0.1, 0.15) is 71.3 Å². The molecular formula is C25H33N3O2S. The summed E-state index contributed by atoms with van der Waals surface area (Å²) in [6.45, 7) is 4.11. The fraction of sp³-hybridized carbons (Fsp3) is 0.640. The minimum absolute atomic E-state index is 0.0305. The van der Waals surface area contributed by atoms with Gasteiger partial charge >= 0.3 is 0 Å².